The zero-order valence-electron chi connectivity index (χ0n) is 24.3. The van der Waals surface area contributed by atoms with E-state index in [0.29, 0.717) is 0 Å². The van der Waals surface area contributed by atoms with Crippen LogP contribution in [0.15, 0.2) is 152 Å². The summed E-state index contributed by atoms with van der Waals surface area (Å²) >= 11 is 0. The predicted molar refractivity (Wildman–Crippen MR) is 187 cm³/mol. The molecule has 0 spiro atoms. The first-order valence-corrected chi connectivity index (χ1v) is 15.1. The number of para-hydroxylation sites is 2. The van der Waals surface area contributed by atoms with Crippen LogP contribution in [0.5, 0.6) is 0 Å². The largest absolute Gasteiger partial charge is 0.292 e. The van der Waals surface area contributed by atoms with Crippen molar-refractivity contribution < 1.29 is 0 Å². The summed E-state index contributed by atoms with van der Waals surface area (Å²) in [5.74, 6) is 0.950. The summed E-state index contributed by atoms with van der Waals surface area (Å²) in [6.45, 7) is 2.24. The number of nitrogens with zero attached hydrogens (tertiary/aromatic N) is 2. The first kappa shape index (κ1) is 24.8. The van der Waals surface area contributed by atoms with E-state index in [2.05, 4.69) is 163 Å². The summed E-state index contributed by atoms with van der Waals surface area (Å²) in [6, 6.07) is 54.8. The SMILES string of the molecule is Cc1c2ccccc2c(-c2ccc3cc(-n4c(-c5ccc6ccccc6c5)nc5ccccc54)ccc3c2)c2ccccc12. The number of imidazole rings is 1. The fourth-order valence-electron chi connectivity index (χ4n) is 6.99. The topological polar surface area (TPSA) is 17.8 Å². The van der Waals surface area contributed by atoms with E-state index in [1.165, 1.54) is 59.8 Å². The molecule has 0 saturated carbocycles. The highest BCUT2D eigenvalue weighted by atomic mass is 15.1. The zero-order chi connectivity index (χ0) is 29.2. The Bertz CT molecular complexity index is 2510. The maximum atomic E-state index is 5.13. The van der Waals surface area contributed by atoms with E-state index < -0.39 is 0 Å². The molecule has 0 amide bonds. The molecule has 0 saturated heterocycles. The number of aryl methyl sites for hydroxylation is 1. The number of aromatic nitrogens is 2. The molecule has 0 bridgehead atoms. The van der Waals surface area contributed by atoms with Crippen molar-refractivity contribution in [2.45, 2.75) is 6.92 Å². The third-order valence-electron chi connectivity index (χ3n) is 9.14. The number of rotatable bonds is 3. The Balaban J connectivity index is 1.23. The average Bonchev–Trinajstić information content (AvgIpc) is 3.48. The van der Waals surface area contributed by atoms with Crippen molar-refractivity contribution in [2.24, 2.45) is 0 Å². The Morgan fingerprint density at radius 3 is 1.80 bits per heavy atom. The number of benzene rings is 8. The van der Waals surface area contributed by atoms with Gasteiger partial charge in [0, 0.05) is 11.3 Å². The minimum absolute atomic E-state index is 0.950. The standard InChI is InChI=1S/C42H28N2/c1-27-35-12-4-6-14-37(35)41(38-15-7-5-13-36(27)38)32-20-19-31-26-34(23-22-30(31)24-32)44-40-17-9-8-16-39(40)43-42(44)33-21-18-28-10-2-3-11-29(28)25-33/h2-26H,1H3. The minimum Gasteiger partial charge on any atom is -0.292 e. The lowest BCUT2D eigenvalue weighted by molar-refractivity contribution is 1.11. The number of hydrogen-bond acceptors (Lipinski definition) is 1. The van der Waals surface area contributed by atoms with E-state index in [1.54, 1.807) is 0 Å². The van der Waals surface area contributed by atoms with Crippen LogP contribution in [-0.4, -0.2) is 9.55 Å². The molecule has 2 heteroatoms. The number of hydrogen-bond donors (Lipinski definition) is 0. The van der Waals surface area contributed by atoms with Crippen molar-refractivity contribution >= 4 is 54.1 Å². The van der Waals surface area contributed by atoms with Crippen molar-refractivity contribution in [1.82, 2.24) is 9.55 Å². The summed E-state index contributed by atoms with van der Waals surface area (Å²) < 4.78 is 2.30. The number of fused-ring (bicyclic) bond motifs is 5. The van der Waals surface area contributed by atoms with Gasteiger partial charge in [-0.2, -0.15) is 0 Å². The van der Waals surface area contributed by atoms with Crippen LogP contribution in [0, 0.1) is 6.92 Å². The minimum atomic E-state index is 0.950. The van der Waals surface area contributed by atoms with Crippen molar-refractivity contribution in [2.75, 3.05) is 0 Å². The third-order valence-corrected chi connectivity index (χ3v) is 9.14. The maximum Gasteiger partial charge on any atom is 0.145 e. The molecule has 0 radical (unpaired) electrons. The van der Waals surface area contributed by atoms with Gasteiger partial charge in [-0.3, -0.25) is 4.57 Å². The van der Waals surface area contributed by atoms with Crippen LogP contribution in [0.1, 0.15) is 5.56 Å². The summed E-state index contributed by atoms with van der Waals surface area (Å²) in [6.07, 6.45) is 0. The van der Waals surface area contributed by atoms with Gasteiger partial charge in [0.1, 0.15) is 5.82 Å². The second-order valence-corrected chi connectivity index (χ2v) is 11.7. The Hall–Kier alpha value is -5.73. The summed E-state index contributed by atoms with van der Waals surface area (Å²) in [4.78, 5) is 5.13. The molecular weight excluding hydrogens is 532 g/mol. The van der Waals surface area contributed by atoms with Gasteiger partial charge < -0.3 is 0 Å². The molecule has 9 rings (SSSR count). The lowest BCUT2D eigenvalue weighted by Gasteiger charge is -2.16. The van der Waals surface area contributed by atoms with Crippen molar-refractivity contribution in [1.29, 1.82) is 0 Å². The van der Waals surface area contributed by atoms with Crippen LogP contribution in [0.2, 0.25) is 0 Å². The van der Waals surface area contributed by atoms with E-state index in [0.717, 1.165) is 28.1 Å². The highest BCUT2D eigenvalue weighted by Crippen LogP contribution is 2.40. The van der Waals surface area contributed by atoms with E-state index in [1.807, 2.05) is 0 Å². The summed E-state index contributed by atoms with van der Waals surface area (Å²) in [7, 11) is 0. The molecule has 1 heterocycles. The van der Waals surface area contributed by atoms with E-state index in [9.17, 15) is 0 Å². The Morgan fingerprint density at radius 2 is 1.00 bits per heavy atom. The summed E-state index contributed by atoms with van der Waals surface area (Å²) in [5, 5.41) is 10.1. The van der Waals surface area contributed by atoms with Crippen LogP contribution in [0.4, 0.5) is 0 Å². The molecule has 0 aliphatic heterocycles. The van der Waals surface area contributed by atoms with Crippen LogP contribution < -0.4 is 0 Å². The molecule has 0 fully saturated rings. The second-order valence-electron chi connectivity index (χ2n) is 11.7. The van der Waals surface area contributed by atoms with Crippen molar-refractivity contribution in [3.8, 4) is 28.2 Å². The van der Waals surface area contributed by atoms with Crippen LogP contribution >= 0.6 is 0 Å². The van der Waals surface area contributed by atoms with Gasteiger partial charge in [-0.1, -0.05) is 115 Å². The molecule has 0 aliphatic rings. The van der Waals surface area contributed by atoms with Crippen molar-refractivity contribution in [3.05, 3.63) is 157 Å². The van der Waals surface area contributed by atoms with E-state index >= 15 is 0 Å². The van der Waals surface area contributed by atoms with Gasteiger partial charge in [-0.05, 0) is 103 Å². The zero-order valence-corrected chi connectivity index (χ0v) is 24.3. The maximum absolute atomic E-state index is 5.13. The van der Waals surface area contributed by atoms with E-state index in [4.69, 9.17) is 4.98 Å². The Kier molecular flexibility index (Phi) is 5.45. The van der Waals surface area contributed by atoms with Gasteiger partial charge in [-0.25, -0.2) is 4.98 Å². The van der Waals surface area contributed by atoms with Gasteiger partial charge in [0.25, 0.3) is 0 Å². The molecular formula is C42H28N2. The van der Waals surface area contributed by atoms with Crippen LogP contribution in [-0.2, 0) is 0 Å². The van der Waals surface area contributed by atoms with E-state index in [-0.39, 0.29) is 0 Å². The molecule has 44 heavy (non-hydrogen) atoms. The van der Waals surface area contributed by atoms with Gasteiger partial charge in [0.05, 0.1) is 11.0 Å². The fraction of sp³-hybridized carbons (Fsp3) is 0.0238. The summed E-state index contributed by atoms with van der Waals surface area (Å²) in [5.41, 5.74) is 8.17. The average molecular weight is 561 g/mol. The fourth-order valence-corrected chi connectivity index (χ4v) is 6.99. The van der Waals surface area contributed by atoms with Gasteiger partial charge >= 0.3 is 0 Å². The molecule has 8 aromatic carbocycles. The molecule has 1 aromatic heterocycles. The monoisotopic (exact) mass is 560 g/mol. The first-order chi connectivity index (χ1) is 21.7. The highest BCUT2D eigenvalue weighted by Gasteiger charge is 2.16. The Morgan fingerprint density at radius 1 is 0.455 bits per heavy atom. The van der Waals surface area contributed by atoms with Gasteiger partial charge in [0.2, 0.25) is 0 Å². The molecule has 0 N–H and O–H groups in total. The quantitative estimate of drug-likeness (QED) is 0.197. The lowest BCUT2D eigenvalue weighted by Crippen LogP contribution is -1.98. The molecule has 9 aromatic rings. The molecule has 0 aliphatic carbocycles. The van der Waals surface area contributed by atoms with Gasteiger partial charge in [-0.15, -0.1) is 0 Å². The smallest absolute Gasteiger partial charge is 0.145 e. The molecule has 0 unspecified atom stereocenters. The molecule has 206 valence electrons. The Labute approximate surface area is 255 Å². The molecule has 0 atom stereocenters. The highest BCUT2D eigenvalue weighted by molar-refractivity contribution is 6.15. The first-order valence-electron chi connectivity index (χ1n) is 15.1. The lowest BCUT2D eigenvalue weighted by atomic mass is 9.88. The molecule has 2 nitrogen and oxygen atoms in total. The van der Waals surface area contributed by atoms with Crippen LogP contribution in [0.25, 0.3) is 82.3 Å². The normalized spacial score (nSPS) is 11.8. The van der Waals surface area contributed by atoms with Gasteiger partial charge in [0.15, 0.2) is 0 Å². The van der Waals surface area contributed by atoms with Crippen LogP contribution in [0.3, 0.4) is 0 Å². The second kappa shape index (κ2) is 9.65. The predicted octanol–water partition coefficient (Wildman–Crippen LogP) is 11.3. The third kappa shape index (κ3) is 3.78. The van der Waals surface area contributed by atoms with Crippen molar-refractivity contribution in [3.63, 3.8) is 0 Å².